The Labute approximate surface area is 110 Å². The van der Waals surface area contributed by atoms with Gasteiger partial charge in [0.2, 0.25) is 0 Å². The largest absolute Gasteiger partial charge is 0.236 e. The number of benzene rings is 2. The van der Waals surface area contributed by atoms with Crippen LogP contribution in [0.1, 0.15) is 5.56 Å². The molecule has 0 N–H and O–H groups in total. The van der Waals surface area contributed by atoms with Crippen LogP contribution >= 0.6 is 11.6 Å². The molecule has 0 fully saturated rings. The van der Waals surface area contributed by atoms with Crippen molar-refractivity contribution < 1.29 is 0 Å². The van der Waals surface area contributed by atoms with Gasteiger partial charge in [0.1, 0.15) is 0 Å². The highest BCUT2D eigenvalue weighted by Crippen LogP contribution is 2.20. The summed E-state index contributed by atoms with van der Waals surface area (Å²) in [6.07, 6.45) is 1.85. The van der Waals surface area contributed by atoms with E-state index in [1.807, 2.05) is 36.5 Å². The Bertz CT molecular complexity index is 705. The number of fused-ring (bicyclic) bond motifs is 1. The van der Waals surface area contributed by atoms with Gasteiger partial charge in [-0.05, 0) is 42.8 Å². The van der Waals surface area contributed by atoms with Crippen LogP contribution in [-0.4, -0.2) is 9.97 Å². The van der Waals surface area contributed by atoms with Gasteiger partial charge in [-0.25, -0.2) is 9.97 Å². The van der Waals surface area contributed by atoms with E-state index in [9.17, 15) is 0 Å². The van der Waals surface area contributed by atoms with Crippen LogP contribution in [0.3, 0.4) is 0 Å². The highest BCUT2D eigenvalue weighted by Gasteiger charge is 2.03. The maximum absolute atomic E-state index is 5.87. The van der Waals surface area contributed by atoms with Gasteiger partial charge in [0.15, 0.2) is 5.82 Å². The standard InChI is InChI=1S/C15H11ClN2/c1-10-2-3-12-9-17-15(18-14(12)8-10)11-4-6-13(16)7-5-11/h2-9H,1H3. The Morgan fingerprint density at radius 3 is 2.56 bits per heavy atom. The van der Waals surface area contributed by atoms with E-state index >= 15 is 0 Å². The lowest BCUT2D eigenvalue weighted by Gasteiger charge is -2.03. The topological polar surface area (TPSA) is 25.8 Å². The van der Waals surface area contributed by atoms with Crippen LogP contribution in [0, 0.1) is 6.92 Å². The van der Waals surface area contributed by atoms with Crippen LogP contribution in [0.5, 0.6) is 0 Å². The molecule has 3 heteroatoms. The monoisotopic (exact) mass is 254 g/mol. The number of hydrogen-bond acceptors (Lipinski definition) is 2. The molecule has 0 saturated carbocycles. The van der Waals surface area contributed by atoms with Crippen LogP contribution in [-0.2, 0) is 0 Å². The van der Waals surface area contributed by atoms with E-state index in [4.69, 9.17) is 11.6 Å². The van der Waals surface area contributed by atoms with E-state index in [-0.39, 0.29) is 0 Å². The predicted molar refractivity (Wildman–Crippen MR) is 74.7 cm³/mol. The molecule has 88 valence electrons. The number of aromatic nitrogens is 2. The molecule has 0 unspecified atom stereocenters. The second-order valence-electron chi connectivity index (χ2n) is 4.26. The van der Waals surface area contributed by atoms with Crippen LogP contribution in [0.2, 0.25) is 5.02 Å². The first kappa shape index (κ1) is 11.2. The van der Waals surface area contributed by atoms with E-state index in [2.05, 4.69) is 29.0 Å². The highest BCUT2D eigenvalue weighted by molar-refractivity contribution is 6.30. The molecule has 0 bridgehead atoms. The summed E-state index contributed by atoms with van der Waals surface area (Å²) in [6.45, 7) is 2.06. The van der Waals surface area contributed by atoms with Crippen molar-refractivity contribution in [3.8, 4) is 11.4 Å². The fourth-order valence-corrected chi connectivity index (χ4v) is 2.00. The van der Waals surface area contributed by atoms with E-state index in [1.54, 1.807) is 0 Å². The van der Waals surface area contributed by atoms with Crippen LogP contribution < -0.4 is 0 Å². The molecule has 2 nitrogen and oxygen atoms in total. The Hall–Kier alpha value is -1.93. The van der Waals surface area contributed by atoms with Gasteiger partial charge in [-0.1, -0.05) is 23.7 Å². The third kappa shape index (κ3) is 2.07. The summed E-state index contributed by atoms with van der Waals surface area (Å²) in [5.41, 5.74) is 3.14. The van der Waals surface area contributed by atoms with Gasteiger partial charge in [0, 0.05) is 22.2 Å². The summed E-state index contributed by atoms with van der Waals surface area (Å²) in [6, 6.07) is 13.7. The lowest BCUT2D eigenvalue weighted by Crippen LogP contribution is -1.90. The predicted octanol–water partition coefficient (Wildman–Crippen LogP) is 4.26. The molecule has 0 aliphatic heterocycles. The number of nitrogens with zero attached hydrogens (tertiary/aromatic N) is 2. The number of aryl methyl sites for hydroxylation is 1. The molecular weight excluding hydrogens is 244 g/mol. The zero-order chi connectivity index (χ0) is 12.5. The summed E-state index contributed by atoms with van der Waals surface area (Å²) < 4.78 is 0. The van der Waals surface area contributed by atoms with E-state index in [0.29, 0.717) is 0 Å². The second-order valence-corrected chi connectivity index (χ2v) is 4.70. The molecular formula is C15H11ClN2. The van der Waals surface area contributed by atoms with Crippen molar-refractivity contribution in [2.45, 2.75) is 6.92 Å². The Morgan fingerprint density at radius 1 is 1.00 bits per heavy atom. The van der Waals surface area contributed by atoms with Crippen molar-refractivity contribution >= 4 is 22.5 Å². The maximum atomic E-state index is 5.87. The molecule has 1 heterocycles. The molecule has 0 aliphatic carbocycles. The summed E-state index contributed by atoms with van der Waals surface area (Å²) in [4.78, 5) is 8.96. The van der Waals surface area contributed by atoms with Crippen molar-refractivity contribution in [1.29, 1.82) is 0 Å². The molecule has 0 atom stereocenters. The molecule has 1 aromatic heterocycles. The summed E-state index contributed by atoms with van der Waals surface area (Å²) >= 11 is 5.87. The fraction of sp³-hybridized carbons (Fsp3) is 0.0667. The summed E-state index contributed by atoms with van der Waals surface area (Å²) in [5.74, 6) is 0.727. The molecule has 18 heavy (non-hydrogen) atoms. The van der Waals surface area contributed by atoms with Crippen LogP contribution in [0.4, 0.5) is 0 Å². The van der Waals surface area contributed by atoms with Crippen LogP contribution in [0.15, 0.2) is 48.7 Å². The maximum Gasteiger partial charge on any atom is 0.159 e. The molecule has 0 amide bonds. The lowest BCUT2D eigenvalue weighted by atomic mass is 10.1. The second kappa shape index (κ2) is 4.39. The third-order valence-corrected chi connectivity index (χ3v) is 3.09. The van der Waals surface area contributed by atoms with Crippen molar-refractivity contribution in [2.75, 3.05) is 0 Å². The zero-order valence-electron chi connectivity index (χ0n) is 9.89. The Morgan fingerprint density at radius 2 is 1.78 bits per heavy atom. The Balaban J connectivity index is 2.15. The van der Waals surface area contributed by atoms with Crippen molar-refractivity contribution in [3.05, 3.63) is 59.2 Å². The fourth-order valence-electron chi connectivity index (χ4n) is 1.87. The van der Waals surface area contributed by atoms with Gasteiger partial charge in [-0.3, -0.25) is 0 Å². The number of hydrogen-bond donors (Lipinski definition) is 0. The SMILES string of the molecule is Cc1ccc2cnc(-c3ccc(Cl)cc3)nc2c1. The van der Waals surface area contributed by atoms with Gasteiger partial charge in [0.25, 0.3) is 0 Å². The van der Waals surface area contributed by atoms with E-state index < -0.39 is 0 Å². The molecule has 2 aromatic carbocycles. The molecule has 0 radical (unpaired) electrons. The molecule has 3 rings (SSSR count). The lowest BCUT2D eigenvalue weighted by molar-refractivity contribution is 1.22. The minimum Gasteiger partial charge on any atom is -0.236 e. The molecule has 0 spiro atoms. The number of halogens is 1. The normalized spacial score (nSPS) is 10.8. The molecule has 3 aromatic rings. The van der Waals surface area contributed by atoms with Crippen molar-refractivity contribution in [1.82, 2.24) is 9.97 Å². The quantitative estimate of drug-likeness (QED) is 0.648. The molecule has 0 aliphatic rings. The zero-order valence-corrected chi connectivity index (χ0v) is 10.6. The van der Waals surface area contributed by atoms with Crippen molar-refractivity contribution in [3.63, 3.8) is 0 Å². The van der Waals surface area contributed by atoms with E-state index in [0.717, 1.165) is 27.3 Å². The first-order chi connectivity index (χ1) is 8.72. The average Bonchev–Trinajstić information content (AvgIpc) is 2.38. The van der Waals surface area contributed by atoms with Gasteiger partial charge < -0.3 is 0 Å². The summed E-state index contributed by atoms with van der Waals surface area (Å²) in [7, 11) is 0. The average molecular weight is 255 g/mol. The molecule has 0 saturated heterocycles. The van der Waals surface area contributed by atoms with E-state index in [1.165, 1.54) is 5.56 Å². The Kier molecular flexibility index (Phi) is 2.73. The first-order valence-corrected chi connectivity index (χ1v) is 6.09. The van der Waals surface area contributed by atoms with Gasteiger partial charge >= 0.3 is 0 Å². The summed E-state index contributed by atoms with van der Waals surface area (Å²) in [5, 5.41) is 1.77. The van der Waals surface area contributed by atoms with Gasteiger partial charge in [0.05, 0.1) is 5.52 Å². The minimum atomic E-state index is 0.718. The highest BCUT2D eigenvalue weighted by atomic mass is 35.5. The third-order valence-electron chi connectivity index (χ3n) is 2.84. The first-order valence-electron chi connectivity index (χ1n) is 5.72. The van der Waals surface area contributed by atoms with Gasteiger partial charge in [-0.2, -0.15) is 0 Å². The van der Waals surface area contributed by atoms with Crippen LogP contribution in [0.25, 0.3) is 22.3 Å². The van der Waals surface area contributed by atoms with Crippen molar-refractivity contribution in [2.24, 2.45) is 0 Å². The smallest absolute Gasteiger partial charge is 0.159 e. The number of rotatable bonds is 1. The van der Waals surface area contributed by atoms with Gasteiger partial charge in [-0.15, -0.1) is 0 Å². The minimum absolute atomic E-state index is 0.718.